The summed E-state index contributed by atoms with van der Waals surface area (Å²) in [5.41, 5.74) is 2.31. The molecule has 5 rings (SSSR count). The number of carbonyl (C=O) groups excluding carboxylic acids is 1. The standard InChI is InChI=1S/C21H23N5OS/c1-25(2)21(27)15-8-5-11-26(15)19-17-14-7-3-9-16(14)28-20(17)24-18(23-19)13-6-4-10-22-12-13/h4,6,10,12,15H,3,5,7-9,11H2,1-2H3. The van der Waals surface area contributed by atoms with Crippen LogP contribution in [0.4, 0.5) is 5.82 Å². The summed E-state index contributed by atoms with van der Waals surface area (Å²) in [6, 6.07) is 3.75. The van der Waals surface area contributed by atoms with Crippen LogP contribution in [0.15, 0.2) is 24.5 Å². The van der Waals surface area contributed by atoms with Crippen molar-refractivity contribution in [1.82, 2.24) is 19.9 Å². The number of thiophene rings is 1. The van der Waals surface area contributed by atoms with Crippen LogP contribution in [0.25, 0.3) is 21.6 Å². The van der Waals surface area contributed by atoms with Crippen molar-refractivity contribution in [3.05, 3.63) is 35.0 Å². The summed E-state index contributed by atoms with van der Waals surface area (Å²) in [7, 11) is 3.66. The number of anilines is 1. The average Bonchev–Trinajstić information content (AvgIpc) is 3.42. The second kappa shape index (κ2) is 6.81. The molecule has 1 amide bonds. The highest BCUT2D eigenvalue weighted by atomic mass is 32.1. The topological polar surface area (TPSA) is 62.2 Å². The molecule has 28 heavy (non-hydrogen) atoms. The Morgan fingerprint density at radius 3 is 2.93 bits per heavy atom. The second-order valence-corrected chi connectivity index (χ2v) is 8.82. The van der Waals surface area contributed by atoms with Crippen molar-refractivity contribution >= 4 is 33.3 Å². The van der Waals surface area contributed by atoms with Gasteiger partial charge in [-0.25, -0.2) is 9.97 Å². The fraction of sp³-hybridized carbons (Fsp3) is 0.429. The number of rotatable bonds is 3. The molecule has 4 heterocycles. The molecule has 1 atom stereocenters. The average molecular weight is 394 g/mol. The molecule has 0 spiro atoms. The van der Waals surface area contributed by atoms with E-state index in [1.807, 2.05) is 26.2 Å². The van der Waals surface area contributed by atoms with Crippen molar-refractivity contribution in [3.63, 3.8) is 0 Å². The zero-order chi connectivity index (χ0) is 19.3. The summed E-state index contributed by atoms with van der Waals surface area (Å²) >= 11 is 1.79. The lowest BCUT2D eigenvalue weighted by molar-refractivity contribution is -0.129. The molecule has 7 heteroatoms. The first kappa shape index (κ1) is 17.6. The van der Waals surface area contributed by atoms with Crippen molar-refractivity contribution in [3.8, 4) is 11.4 Å². The maximum Gasteiger partial charge on any atom is 0.244 e. The number of fused-ring (bicyclic) bond motifs is 3. The van der Waals surface area contributed by atoms with Gasteiger partial charge in [-0.2, -0.15) is 0 Å². The molecule has 1 aliphatic carbocycles. The van der Waals surface area contributed by atoms with Crippen molar-refractivity contribution < 1.29 is 4.79 Å². The Kier molecular flexibility index (Phi) is 4.27. The zero-order valence-corrected chi connectivity index (χ0v) is 17.0. The molecule has 144 valence electrons. The number of nitrogens with zero attached hydrogens (tertiary/aromatic N) is 5. The third-order valence-corrected chi connectivity index (χ3v) is 6.90. The highest BCUT2D eigenvalue weighted by Crippen LogP contribution is 2.43. The predicted octanol–water partition coefficient (Wildman–Crippen LogP) is 3.30. The highest BCUT2D eigenvalue weighted by Gasteiger charge is 2.35. The second-order valence-electron chi connectivity index (χ2n) is 7.73. The Hall–Kier alpha value is -2.54. The van der Waals surface area contributed by atoms with Crippen LogP contribution in [0, 0.1) is 0 Å². The molecule has 0 aromatic carbocycles. The molecular weight excluding hydrogens is 370 g/mol. The van der Waals surface area contributed by atoms with Crippen LogP contribution >= 0.6 is 11.3 Å². The maximum atomic E-state index is 12.8. The fourth-order valence-electron chi connectivity index (χ4n) is 4.38. The molecule has 0 bridgehead atoms. The zero-order valence-electron chi connectivity index (χ0n) is 16.2. The number of carbonyl (C=O) groups is 1. The molecule has 3 aromatic heterocycles. The van der Waals surface area contributed by atoms with Gasteiger partial charge < -0.3 is 9.80 Å². The molecule has 2 aliphatic rings. The normalized spacial score (nSPS) is 18.6. The molecule has 1 fully saturated rings. The van der Waals surface area contributed by atoms with E-state index in [1.54, 1.807) is 28.6 Å². The minimum absolute atomic E-state index is 0.146. The van der Waals surface area contributed by atoms with Crippen molar-refractivity contribution in [2.24, 2.45) is 0 Å². The first-order valence-corrected chi connectivity index (χ1v) is 10.7. The summed E-state index contributed by atoms with van der Waals surface area (Å²) in [5.74, 6) is 1.78. The summed E-state index contributed by atoms with van der Waals surface area (Å²) in [6.45, 7) is 0.855. The summed E-state index contributed by atoms with van der Waals surface area (Å²) in [6.07, 6.45) is 8.84. The van der Waals surface area contributed by atoms with Crippen LogP contribution in [0.2, 0.25) is 0 Å². The van der Waals surface area contributed by atoms with E-state index < -0.39 is 0 Å². The Morgan fingerprint density at radius 2 is 2.14 bits per heavy atom. The van der Waals surface area contributed by atoms with Gasteiger partial charge in [0.05, 0.1) is 5.39 Å². The van der Waals surface area contributed by atoms with Gasteiger partial charge in [0.15, 0.2) is 5.82 Å². The van der Waals surface area contributed by atoms with Crippen LogP contribution in [0.5, 0.6) is 0 Å². The van der Waals surface area contributed by atoms with E-state index in [1.165, 1.54) is 22.2 Å². The van der Waals surface area contributed by atoms with E-state index in [2.05, 4.69) is 9.88 Å². The molecule has 0 N–H and O–H groups in total. The maximum absolute atomic E-state index is 12.8. The van der Waals surface area contributed by atoms with Crippen LogP contribution in [0.1, 0.15) is 29.7 Å². The van der Waals surface area contributed by atoms with Crippen molar-refractivity contribution in [2.75, 3.05) is 25.5 Å². The largest absolute Gasteiger partial charge is 0.347 e. The molecule has 6 nitrogen and oxygen atoms in total. The Balaban J connectivity index is 1.71. The molecule has 1 aliphatic heterocycles. The van der Waals surface area contributed by atoms with Crippen LogP contribution in [0.3, 0.4) is 0 Å². The lowest BCUT2D eigenvalue weighted by atomic mass is 10.1. The lowest BCUT2D eigenvalue weighted by Crippen LogP contribution is -2.43. The molecular formula is C21H23N5OS. The minimum Gasteiger partial charge on any atom is -0.347 e. The Bertz CT molecular complexity index is 1050. The Morgan fingerprint density at radius 1 is 1.25 bits per heavy atom. The van der Waals surface area contributed by atoms with E-state index >= 15 is 0 Å². The highest BCUT2D eigenvalue weighted by molar-refractivity contribution is 7.19. The van der Waals surface area contributed by atoms with E-state index in [0.717, 1.165) is 48.4 Å². The predicted molar refractivity (Wildman–Crippen MR) is 112 cm³/mol. The molecule has 1 saturated heterocycles. The van der Waals surface area contributed by atoms with Gasteiger partial charge in [-0.3, -0.25) is 9.78 Å². The third kappa shape index (κ3) is 2.76. The minimum atomic E-state index is -0.146. The van der Waals surface area contributed by atoms with E-state index in [-0.39, 0.29) is 11.9 Å². The number of aromatic nitrogens is 3. The fourth-order valence-corrected chi connectivity index (χ4v) is 5.64. The SMILES string of the molecule is CN(C)C(=O)C1CCCN1c1nc(-c2cccnc2)nc2sc3c(c12)CCC3. The molecule has 0 saturated carbocycles. The van der Waals surface area contributed by atoms with Crippen LogP contribution in [-0.2, 0) is 17.6 Å². The number of hydrogen-bond acceptors (Lipinski definition) is 6. The summed E-state index contributed by atoms with van der Waals surface area (Å²) < 4.78 is 0. The summed E-state index contributed by atoms with van der Waals surface area (Å²) in [5, 5.41) is 1.17. The lowest BCUT2D eigenvalue weighted by Gasteiger charge is -2.28. The first-order valence-electron chi connectivity index (χ1n) is 9.84. The Labute approximate surface area is 168 Å². The molecule has 0 radical (unpaired) electrons. The van der Waals surface area contributed by atoms with E-state index in [0.29, 0.717) is 5.82 Å². The van der Waals surface area contributed by atoms with Crippen molar-refractivity contribution in [2.45, 2.75) is 38.1 Å². The number of amides is 1. The van der Waals surface area contributed by atoms with Gasteiger partial charge in [-0.1, -0.05) is 0 Å². The van der Waals surface area contributed by atoms with Gasteiger partial charge in [-0.05, 0) is 49.8 Å². The smallest absolute Gasteiger partial charge is 0.244 e. The van der Waals surface area contributed by atoms with Gasteiger partial charge in [-0.15, -0.1) is 11.3 Å². The molecule has 1 unspecified atom stereocenters. The van der Waals surface area contributed by atoms with Gasteiger partial charge in [0, 0.05) is 43.5 Å². The quantitative estimate of drug-likeness (QED) is 0.683. The molecule has 3 aromatic rings. The van der Waals surface area contributed by atoms with E-state index in [4.69, 9.17) is 9.97 Å². The monoisotopic (exact) mass is 393 g/mol. The van der Waals surface area contributed by atoms with Gasteiger partial charge in [0.2, 0.25) is 5.91 Å². The van der Waals surface area contributed by atoms with Crippen LogP contribution < -0.4 is 4.90 Å². The van der Waals surface area contributed by atoms with Crippen molar-refractivity contribution in [1.29, 1.82) is 0 Å². The summed E-state index contributed by atoms with van der Waals surface area (Å²) in [4.78, 5) is 33.3. The first-order chi connectivity index (χ1) is 13.6. The third-order valence-electron chi connectivity index (χ3n) is 5.72. The number of hydrogen-bond donors (Lipinski definition) is 0. The van der Waals surface area contributed by atoms with Crippen LogP contribution in [-0.4, -0.2) is 52.4 Å². The van der Waals surface area contributed by atoms with Gasteiger partial charge in [0.1, 0.15) is 16.7 Å². The van der Waals surface area contributed by atoms with Gasteiger partial charge in [0.25, 0.3) is 0 Å². The number of aryl methyl sites for hydroxylation is 2. The van der Waals surface area contributed by atoms with Gasteiger partial charge >= 0.3 is 0 Å². The number of likely N-dealkylation sites (N-methyl/N-ethyl adjacent to an activating group) is 1. The number of pyridine rings is 1. The van der Waals surface area contributed by atoms with E-state index in [9.17, 15) is 4.79 Å².